The van der Waals surface area contributed by atoms with Gasteiger partial charge in [-0.15, -0.1) is 13.2 Å². The molecule has 0 radical (unpaired) electrons. The molecule has 2 amide bonds. The first-order valence-electron chi connectivity index (χ1n) is 12.3. The number of alkyl halides is 3. The highest BCUT2D eigenvalue weighted by Crippen LogP contribution is 2.38. The summed E-state index contributed by atoms with van der Waals surface area (Å²) in [5.74, 6) is -1.17. The molecule has 1 saturated heterocycles. The van der Waals surface area contributed by atoms with E-state index in [1.165, 1.54) is 16.7 Å². The van der Waals surface area contributed by atoms with Gasteiger partial charge < -0.3 is 19.5 Å². The van der Waals surface area contributed by atoms with Crippen LogP contribution in [0.4, 0.5) is 19.0 Å². The Kier molecular flexibility index (Phi) is 7.41. The number of imide groups is 1. The molecule has 0 saturated carbocycles. The second kappa shape index (κ2) is 10.8. The Bertz CT molecular complexity index is 1380. The maximum atomic E-state index is 13.8. The minimum absolute atomic E-state index is 0.00731. The van der Waals surface area contributed by atoms with Crippen LogP contribution in [0.2, 0.25) is 5.02 Å². The third-order valence-electron chi connectivity index (χ3n) is 6.48. The van der Waals surface area contributed by atoms with Crippen molar-refractivity contribution < 1.29 is 37.3 Å². The summed E-state index contributed by atoms with van der Waals surface area (Å²) in [5.41, 5.74) is 0.847. The summed E-state index contributed by atoms with van der Waals surface area (Å²) in [6.45, 7) is 0.404. The van der Waals surface area contributed by atoms with Gasteiger partial charge >= 0.3 is 12.4 Å². The number of hydrogen-bond acceptors (Lipinski definition) is 7. The predicted molar refractivity (Wildman–Crippen MR) is 134 cm³/mol. The van der Waals surface area contributed by atoms with Crippen LogP contribution >= 0.6 is 11.6 Å². The number of aliphatic hydroxyl groups excluding tert-OH is 1. The smallest absolute Gasteiger partial charge is 0.425 e. The quantitative estimate of drug-likeness (QED) is 0.399. The normalized spacial score (nSPS) is 17.2. The maximum absolute atomic E-state index is 13.8. The van der Waals surface area contributed by atoms with E-state index in [1.54, 1.807) is 29.2 Å². The van der Waals surface area contributed by atoms with Gasteiger partial charge in [-0.1, -0.05) is 29.8 Å². The number of fused-ring (bicyclic) bond motifs is 3. The van der Waals surface area contributed by atoms with Gasteiger partial charge in [-0.25, -0.2) is 0 Å². The topological polar surface area (TPSA) is 97.1 Å². The summed E-state index contributed by atoms with van der Waals surface area (Å²) >= 11 is 6.04. The van der Waals surface area contributed by atoms with E-state index in [9.17, 15) is 27.9 Å². The lowest BCUT2D eigenvalue weighted by Gasteiger charge is -2.24. The number of aliphatic hydroxyl groups is 1. The Labute approximate surface area is 226 Å². The number of ether oxygens (including phenoxy) is 2. The van der Waals surface area contributed by atoms with Gasteiger partial charge in [0.25, 0.3) is 11.8 Å². The van der Waals surface area contributed by atoms with Crippen LogP contribution in [-0.2, 0) is 11.3 Å². The number of halogens is 4. The van der Waals surface area contributed by atoms with Crippen molar-refractivity contribution >= 4 is 29.2 Å². The highest BCUT2D eigenvalue weighted by molar-refractivity contribution is 6.30. The number of benzene rings is 2. The van der Waals surface area contributed by atoms with Crippen molar-refractivity contribution in [3.8, 4) is 17.5 Å². The van der Waals surface area contributed by atoms with Crippen molar-refractivity contribution in [1.29, 1.82) is 0 Å². The molecule has 2 aliphatic heterocycles. The lowest BCUT2D eigenvalue weighted by atomic mass is 10.2. The minimum atomic E-state index is -4.88. The second-order valence-electron chi connectivity index (χ2n) is 9.13. The molecular weight excluding hydrogens is 541 g/mol. The molecule has 2 aliphatic rings. The van der Waals surface area contributed by atoms with Crippen LogP contribution in [0.3, 0.4) is 0 Å². The van der Waals surface area contributed by atoms with E-state index in [-0.39, 0.29) is 55.3 Å². The first-order valence-corrected chi connectivity index (χ1v) is 12.6. The fourth-order valence-corrected chi connectivity index (χ4v) is 4.92. The predicted octanol–water partition coefficient (Wildman–Crippen LogP) is 4.61. The van der Waals surface area contributed by atoms with Gasteiger partial charge in [0.1, 0.15) is 17.5 Å². The number of anilines is 1. The molecule has 1 fully saturated rings. The van der Waals surface area contributed by atoms with E-state index in [0.29, 0.717) is 24.4 Å². The van der Waals surface area contributed by atoms with Gasteiger partial charge in [0.05, 0.1) is 6.54 Å². The zero-order valence-corrected chi connectivity index (χ0v) is 21.3. The van der Waals surface area contributed by atoms with Gasteiger partial charge in [-0.3, -0.25) is 19.1 Å². The summed E-state index contributed by atoms with van der Waals surface area (Å²) in [5, 5.41) is 9.88. The van der Waals surface area contributed by atoms with Crippen LogP contribution in [-0.4, -0.2) is 63.5 Å². The van der Waals surface area contributed by atoms with Gasteiger partial charge in [0.2, 0.25) is 0 Å². The van der Waals surface area contributed by atoms with Gasteiger partial charge in [0, 0.05) is 30.8 Å². The first-order chi connectivity index (χ1) is 18.6. The van der Waals surface area contributed by atoms with Gasteiger partial charge in [-0.05, 0) is 49.1 Å². The van der Waals surface area contributed by atoms with Crippen LogP contribution < -0.4 is 14.4 Å². The Balaban J connectivity index is 1.61. The molecule has 0 unspecified atom stereocenters. The molecule has 0 spiro atoms. The third kappa shape index (κ3) is 5.66. The van der Waals surface area contributed by atoms with Crippen molar-refractivity contribution in [3.63, 3.8) is 0 Å². The van der Waals surface area contributed by atoms with Gasteiger partial charge in [-0.2, -0.15) is 4.98 Å². The fourth-order valence-electron chi connectivity index (χ4n) is 4.79. The molecular formula is C26H24ClF3N4O5. The van der Waals surface area contributed by atoms with Crippen molar-refractivity contribution in [2.75, 3.05) is 24.6 Å². The molecule has 9 nitrogen and oxygen atoms in total. The molecule has 1 aromatic heterocycles. The Morgan fingerprint density at radius 1 is 1.10 bits per heavy atom. The van der Waals surface area contributed by atoms with Crippen LogP contribution in [0.15, 0.2) is 48.5 Å². The Morgan fingerprint density at radius 3 is 2.56 bits per heavy atom. The molecule has 1 atom stereocenters. The number of imidazole rings is 1. The molecule has 0 aliphatic carbocycles. The molecule has 206 valence electrons. The van der Waals surface area contributed by atoms with E-state index in [2.05, 4.69) is 9.72 Å². The summed E-state index contributed by atoms with van der Waals surface area (Å²) in [4.78, 5) is 34.7. The van der Waals surface area contributed by atoms with Crippen molar-refractivity contribution in [2.24, 2.45) is 0 Å². The number of carbonyl (C=O) groups excluding carboxylic acids is 2. The lowest BCUT2D eigenvalue weighted by Crippen LogP contribution is -2.46. The number of amides is 2. The Hall–Kier alpha value is -3.77. The van der Waals surface area contributed by atoms with Crippen LogP contribution in [0, 0.1) is 0 Å². The summed E-state index contributed by atoms with van der Waals surface area (Å²) in [7, 11) is 0. The molecule has 3 heterocycles. The Morgan fingerprint density at radius 2 is 1.85 bits per heavy atom. The van der Waals surface area contributed by atoms with Crippen LogP contribution in [0.1, 0.15) is 35.3 Å². The van der Waals surface area contributed by atoms with Crippen LogP contribution in [0.5, 0.6) is 17.5 Å². The lowest BCUT2D eigenvalue weighted by molar-refractivity contribution is -0.274. The number of rotatable bonds is 8. The standard InChI is InChI=1S/C26H24ClF3N4O5/c27-17-9-7-16(8-10-17)15-34-21-22(31-25(34)38-18-4-1-5-19(14-18)39-26(28,29)30)32-11-2-6-20(32)23(36)33(24(21)37)12-3-13-35/h1,4-5,7-10,14,20,35H,2-3,6,11-13,15H2/t20-/m0/s1. The maximum Gasteiger partial charge on any atom is 0.573 e. The SMILES string of the molecule is O=C1c2c(nc(Oc3cccc(OC(F)(F)F)c3)n2Cc2ccc(Cl)cc2)N2CCC[C@H]2C(=O)N1CCCO. The summed E-state index contributed by atoms with van der Waals surface area (Å²) in [6.07, 6.45) is -3.45. The zero-order valence-electron chi connectivity index (χ0n) is 20.5. The molecule has 2 aromatic carbocycles. The van der Waals surface area contributed by atoms with E-state index >= 15 is 0 Å². The molecule has 1 N–H and O–H groups in total. The van der Waals surface area contributed by atoms with E-state index < -0.39 is 24.1 Å². The van der Waals surface area contributed by atoms with Crippen LogP contribution in [0.25, 0.3) is 0 Å². The van der Waals surface area contributed by atoms with Gasteiger partial charge in [0.15, 0.2) is 11.5 Å². The number of nitrogens with zero attached hydrogens (tertiary/aromatic N) is 4. The van der Waals surface area contributed by atoms with E-state index in [4.69, 9.17) is 16.3 Å². The fraction of sp³-hybridized carbons (Fsp3) is 0.346. The highest BCUT2D eigenvalue weighted by Gasteiger charge is 2.45. The molecule has 13 heteroatoms. The van der Waals surface area contributed by atoms with Crippen molar-refractivity contribution in [1.82, 2.24) is 14.5 Å². The first kappa shape index (κ1) is 26.8. The highest BCUT2D eigenvalue weighted by atomic mass is 35.5. The third-order valence-corrected chi connectivity index (χ3v) is 6.73. The van der Waals surface area contributed by atoms with Crippen molar-refractivity contribution in [2.45, 2.75) is 38.2 Å². The minimum Gasteiger partial charge on any atom is -0.425 e. The molecule has 3 aromatic rings. The molecule has 0 bridgehead atoms. The summed E-state index contributed by atoms with van der Waals surface area (Å²) < 4.78 is 49.8. The number of aromatic nitrogens is 2. The monoisotopic (exact) mass is 564 g/mol. The summed E-state index contributed by atoms with van der Waals surface area (Å²) in [6, 6.07) is 11.2. The zero-order chi connectivity index (χ0) is 27.7. The van der Waals surface area contributed by atoms with E-state index in [0.717, 1.165) is 22.6 Å². The van der Waals surface area contributed by atoms with E-state index in [1.807, 2.05) is 0 Å². The number of hydrogen-bond donors (Lipinski definition) is 1. The number of carbonyl (C=O) groups is 2. The van der Waals surface area contributed by atoms with Crippen molar-refractivity contribution in [3.05, 3.63) is 64.8 Å². The average Bonchev–Trinajstić information content (AvgIpc) is 3.48. The average molecular weight is 565 g/mol. The second-order valence-corrected chi connectivity index (χ2v) is 9.56. The molecule has 5 rings (SSSR count). The largest absolute Gasteiger partial charge is 0.573 e. The molecule has 39 heavy (non-hydrogen) atoms.